The molecular weight excluding hydrogens is 366 g/mol. The lowest BCUT2D eigenvalue weighted by atomic mass is 9.91. The molecule has 1 aliphatic rings. The summed E-state index contributed by atoms with van der Waals surface area (Å²) in [6.45, 7) is 7.62. The van der Waals surface area contributed by atoms with Gasteiger partial charge in [0.2, 0.25) is 5.91 Å². The zero-order valence-corrected chi connectivity index (χ0v) is 17.3. The standard InChI is InChI=1S/C23H27N3O3/c1-16(2)25(14-18-8-6-5-7-9-18)20(27)15-26-21(28)23(4,24-22(26)29)19-12-10-17(3)11-13-19/h5-13,16H,14-15H2,1-4H3,(H,24,29)/t23-/m1/s1. The van der Waals surface area contributed by atoms with Gasteiger partial charge in [-0.3, -0.25) is 14.5 Å². The van der Waals surface area contributed by atoms with Gasteiger partial charge in [0.15, 0.2) is 0 Å². The summed E-state index contributed by atoms with van der Waals surface area (Å²) in [5.41, 5.74) is 1.58. The predicted octanol–water partition coefficient (Wildman–Crippen LogP) is 3.20. The molecule has 1 N–H and O–H groups in total. The van der Waals surface area contributed by atoms with Crippen LogP contribution < -0.4 is 5.32 Å². The minimum atomic E-state index is -1.17. The molecule has 152 valence electrons. The molecule has 0 bridgehead atoms. The minimum Gasteiger partial charge on any atom is -0.334 e. The van der Waals surface area contributed by atoms with Crippen LogP contribution in [0, 0.1) is 6.92 Å². The fourth-order valence-electron chi connectivity index (χ4n) is 3.49. The van der Waals surface area contributed by atoms with Crippen molar-refractivity contribution in [3.8, 4) is 0 Å². The zero-order chi connectivity index (χ0) is 21.2. The first kappa shape index (κ1) is 20.6. The quantitative estimate of drug-likeness (QED) is 0.766. The van der Waals surface area contributed by atoms with E-state index in [2.05, 4.69) is 5.32 Å². The molecule has 29 heavy (non-hydrogen) atoms. The van der Waals surface area contributed by atoms with Crippen molar-refractivity contribution >= 4 is 17.8 Å². The maximum Gasteiger partial charge on any atom is 0.325 e. The first-order chi connectivity index (χ1) is 13.7. The highest BCUT2D eigenvalue weighted by Crippen LogP contribution is 2.29. The summed E-state index contributed by atoms with van der Waals surface area (Å²) in [6.07, 6.45) is 0. The van der Waals surface area contributed by atoms with Crippen molar-refractivity contribution in [1.82, 2.24) is 15.1 Å². The molecule has 6 heteroatoms. The lowest BCUT2D eigenvalue weighted by molar-refractivity contribution is -0.140. The molecule has 4 amide bonds. The fourth-order valence-corrected chi connectivity index (χ4v) is 3.49. The van der Waals surface area contributed by atoms with Crippen molar-refractivity contribution in [2.24, 2.45) is 0 Å². The molecule has 0 radical (unpaired) electrons. The Bertz CT molecular complexity index is 909. The van der Waals surface area contributed by atoms with E-state index >= 15 is 0 Å². The number of urea groups is 1. The second kappa shape index (κ2) is 8.07. The first-order valence-corrected chi connectivity index (χ1v) is 9.77. The Labute approximate surface area is 171 Å². The van der Waals surface area contributed by atoms with E-state index in [0.29, 0.717) is 12.1 Å². The highest BCUT2D eigenvalue weighted by atomic mass is 16.2. The van der Waals surface area contributed by atoms with E-state index < -0.39 is 17.5 Å². The molecule has 0 spiro atoms. The van der Waals surface area contributed by atoms with E-state index in [0.717, 1.165) is 16.0 Å². The van der Waals surface area contributed by atoms with Crippen LogP contribution in [0.1, 0.15) is 37.5 Å². The van der Waals surface area contributed by atoms with E-state index in [1.165, 1.54) is 0 Å². The number of nitrogens with zero attached hydrogens (tertiary/aromatic N) is 2. The van der Waals surface area contributed by atoms with Crippen molar-refractivity contribution in [3.63, 3.8) is 0 Å². The first-order valence-electron chi connectivity index (χ1n) is 9.77. The van der Waals surface area contributed by atoms with Gasteiger partial charge in [-0.25, -0.2) is 4.79 Å². The number of aryl methyl sites for hydroxylation is 1. The molecule has 0 aliphatic carbocycles. The molecule has 1 saturated heterocycles. The van der Waals surface area contributed by atoms with Crippen molar-refractivity contribution in [3.05, 3.63) is 71.3 Å². The molecule has 2 aromatic carbocycles. The third-order valence-corrected chi connectivity index (χ3v) is 5.34. The monoisotopic (exact) mass is 393 g/mol. The Morgan fingerprint density at radius 1 is 1.07 bits per heavy atom. The van der Waals surface area contributed by atoms with Crippen LogP contribution in [0.2, 0.25) is 0 Å². The van der Waals surface area contributed by atoms with E-state index in [1.54, 1.807) is 11.8 Å². The highest BCUT2D eigenvalue weighted by Gasteiger charge is 2.49. The maximum atomic E-state index is 13.1. The minimum absolute atomic E-state index is 0.0630. The fraction of sp³-hybridized carbons (Fsp3) is 0.348. The zero-order valence-electron chi connectivity index (χ0n) is 17.3. The SMILES string of the molecule is Cc1ccc([C@@]2(C)NC(=O)N(CC(=O)N(Cc3ccccc3)C(C)C)C2=O)cc1. The summed E-state index contributed by atoms with van der Waals surface area (Å²) in [4.78, 5) is 41.3. The molecule has 3 rings (SSSR count). The molecule has 2 aromatic rings. The van der Waals surface area contributed by atoms with Gasteiger partial charge in [-0.15, -0.1) is 0 Å². The van der Waals surface area contributed by atoms with Crippen LogP contribution in [-0.4, -0.2) is 40.2 Å². The van der Waals surface area contributed by atoms with Crippen LogP contribution in [0.15, 0.2) is 54.6 Å². The Morgan fingerprint density at radius 3 is 2.28 bits per heavy atom. The third kappa shape index (κ3) is 4.16. The van der Waals surface area contributed by atoms with E-state index in [4.69, 9.17) is 0 Å². The molecule has 1 heterocycles. The van der Waals surface area contributed by atoms with E-state index in [-0.39, 0.29) is 18.5 Å². The number of amides is 4. The number of carbonyl (C=O) groups excluding carboxylic acids is 3. The molecular formula is C23H27N3O3. The summed E-state index contributed by atoms with van der Waals surface area (Å²) < 4.78 is 0. The van der Waals surface area contributed by atoms with Gasteiger partial charge in [-0.2, -0.15) is 0 Å². The third-order valence-electron chi connectivity index (χ3n) is 5.34. The smallest absolute Gasteiger partial charge is 0.325 e. The van der Waals surface area contributed by atoms with Crippen LogP contribution >= 0.6 is 0 Å². The normalized spacial score (nSPS) is 18.9. The number of hydrogen-bond acceptors (Lipinski definition) is 3. The van der Waals surface area contributed by atoms with Crippen LogP contribution in [0.5, 0.6) is 0 Å². The predicted molar refractivity (Wildman–Crippen MR) is 111 cm³/mol. The summed E-state index contributed by atoms with van der Waals surface area (Å²) in [5.74, 6) is -0.677. The average molecular weight is 393 g/mol. The van der Waals surface area contributed by atoms with Gasteiger partial charge >= 0.3 is 6.03 Å². The summed E-state index contributed by atoms with van der Waals surface area (Å²) in [7, 11) is 0. The lowest BCUT2D eigenvalue weighted by Crippen LogP contribution is -2.46. The number of imide groups is 1. The van der Waals surface area contributed by atoms with Gasteiger partial charge < -0.3 is 10.2 Å². The molecule has 1 aliphatic heterocycles. The van der Waals surface area contributed by atoms with Crippen LogP contribution in [0.4, 0.5) is 4.79 Å². The van der Waals surface area contributed by atoms with Gasteiger partial charge in [0.25, 0.3) is 5.91 Å². The van der Waals surface area contributed by atoms with Crippen LogP contribution in [-0.2, 0) is 21.7 Å². The molecule has 0 unspecified atom stereocenters. The summed E-state index contributed by atoms with van der Waals surface area (Å²) >= 11 is 0. The molecule has 0 aromatic heterocycles. The molecule has 1 atom stereocenters. The Kier molecular flexibility index (Phi) is 5.73. The van der Waals surface area contributed by atoms with Gasteiger partial charge in [0, 0.05) is 12.6 Å². The van der Waals surface area contributed by atoms with Crippen molar-refractivity contribution in [2.75, 3.05) is 6.54 Å². The number of rotatable bonds is 6. The Hall–Kier alpha value is -3.15. The molecule has 6 nitrogen and oxygen atoms in total. The van der Waals surface area contributed by atoms with Gasteiger partial charge in [-0.1, -0.05) is 60.2 Å². The number of carbonyl (C=O) groups is 3. The van der Waals surface area contributed by atoms with Gasteiger partial charge in [0.1, 0.15) is 12.1 Å². The maximum absolute atomic E-state index is 13.1. The lowest BCUT2D eigenvalue weighted by Gasteiger charge is -2.28. The van der Waals surface area contributed by atoms with Crippen LogP contribution in [0.25, 0.3) is 0 Å². The largest absolute Gasteiger partial charge is 0.334 e. The van der Waals surface area contributed by atoms with E-state index in [9.17, 15) is 14.4 Å². The number of nitrogens with one attached hydrogen (secondary N) is 1. The highest BCUT2D eigenvalue weighted by molar-refractivity contribution is 6.09. The van der Waals surface area contributed by atoms with E-state index in [1.807, 2.05) is 75.4 Å². The van der Waals surface area contributed by atoms with Gasteiger partial charge in [-0.05, 0) is 38.8 Å². The summed E-state index contributed by atoms with van der Waals surface area (Å²) in [5, 5.41) is 2.76. The van der Waals surface area contributed by atoms with Gasteiger partial charge in [0.05, 0.1) is 0 Å². The second-order valence-electron chi connectivity index (χ2n) is 7.91. The van der Waals surface area contributed by atoms with Crippen molar-refractivity contribution in [1.29, 1.82) is 0 Å². The van der Waals surface area contributed by atoms with Crippen LogP contribution in [0.3, 0.4) is 0 Å². The second-order valence-corrected chi connectivity index (χ2v) is 7.91. The van der Waals surface area contributed by atoms with Crippen molar-refractivity contribution < 1.29 is 14.4 Å². The molecule has 0 saturated carbocycles. The Morgan fingerprint density at radius 2 is 1.69 bits per heavy atom. The average Bonchev–Trinajstić information content (AvgIpc) is 2.91. The number of benzene rings is 2. The topological polar surface area (TPSA) is 69.7 Å². The summed E-state index contributed by atoms with van der Waals surface area (Å²) in [6, 6.07) is 16.5. The number of hydrogen-bond donors (Lipinski definition) is 1. The Balaban J connectivity index is 1.77. The molecule has 1 fully saturated rings. The van der Waals surface area contributed by atoms with Crippen molar-refractivity contribution in [2.45, 2.75) is 45.8 Å².